The van der Waals surface area contributed by atoms with E-state index in [1.54, 1.807) is 23.5 Å². The number of carboxylic acids is 1. The van der Waals surface area contributed by atoms with Gasteiger partial charge in [-0.1, -0.05) is 12.1 Å². The van der Waals surface area contributed by atoms with Gasteiger partial charge in [0.25, 0.3) is 5.91 Å². The Hall–Kier alpha value is -3.00. The quantitative estimate of drug-likeness (QED) is 0.486. The lowest BCUT2D eigenvalue weighted by Gasteiger charge is -2.10. The third kappa shape index (κ3) is 5.08. The Balaban J connectivity index is 1.63. The number of thiophene rings is 1. The summed E-state index contributed by atoms with van der Waals surface area (Å²) < 4.78 is 0. The summed E-state index contributed by atoms with van der Waals surface area (Å²) >= 11 is 1.68. The SMILES string of the molecule is Cc1nc(NCc2ccc(C(=O)NCCCC(=O)O)cc2)c2c(C)c(C)sc2n1. The molecular weight excluding hydrogens is 388 g/mol. The molecule has 0 bridgehead atoms. The lowest BCUT2D eigenvalue weighted by atomic mass is 10.1. The second-order valence-corrected chi connectivity index (χ2v) is 8.09. The van der Waals surface area contributed by atoms with Gasteiger partial charge in [-0.25, -0.2) is 9.97 Å². The number of carbonyl (C=O) groups is 2. The van der Waals surface area contributed by atoms with Crippen molar-refractivity contribution >= 4 is 39.2 Å². The molecule has 0 fully saturated rings. The zero-order chi connectivity index (χ0) is 21.0. The second-order valence-electron chi connectivity index (χ2n) is 6.89. The van der Waals surface area contributed by atoms with Gasteiger partial charge < -0.3 is 15.7 Å². The second kappa shape index (κ2) is 9.00. The van der Waals surface area contributed by atoms with E-state index in [0.29, 0.717) is 25.1 Å². The maximum absolute atomic E-state index is 12.1. The van der Waals surface area contributed by atoms with Gasteiger partial charge in [-0.2, -0.15) is 0 Å². The Labute approximate surface area is 173 Å². The molecule has 0 saturated carbocycles. The minimum Gasteiger partial charge on any atom is -0.481 e. The summed E-state index contributed by atoms with van der Waals surface area (Å²) in [6.07, 6.45) is 0.459. The highest BCUT2D eigenvalue weighted by atomic mass is 32.1. The molecule has 1 aromatic carbocycles. The number of aromatic nitrogens is 2. The number of hydrogen-bond acceptors (Lipinski definition) is 6. The molecule has 0 aliphatic heterocycles. The molecule has 0 radical (unpaired) electrons. The van der Waals surface area contributed by atoms with Gasteiger partial charge in [-0.3, -0.25) is 9.59 Å². The van der Waals surface area contributed by atoms with E-state index < -0.39 is 5.97 Å². The van der Waals surface area contributed by atoms with Gasteiger partial charge in [-0.05, 0) is 50.5 Å². The van der Waals surface area contributed by atoms with Gasteiger partial charge in [0, 0.05) is 30.0 Å². The standard InChI is InChI=1S/C21H24N4O3S/c1-12-13(2)29-21-18(12)19(24-14(3)25-21)23-11-15-6-8-16(9-7-15)20(28)22-10-4-5-17(26)27/h6-9H,4-5,10-11H2,1-3H3,(H,22,28)(H,26,27)(H,23,24,25). The maximum atomic E-state index is 12.1. The zero-order valence-electron chi connectivity index (χ0n) is 16.7. The van der Waals surface area contributed by atoms with E-state index in [-0.39, 0.29) is 12.3 Å². The average Bonchev–Trinajstić information content (AvgIpc) is 2.97. The van der Waals surface area contributed by atoms with Crippen molar-refractivity contribution in [3.8, 4) is 0 Å². The number of hydrogen-bond donors (Lipinski definition) is 3. The Morgan fingerprint density at radius 3 is 2.52 bits per heavy atom. The van der Waals surface area contributed by atoms with Crippen LogP contribution in [0.15, 0.2) is 24.3 Å². The van der Waals surface area contributed by atoms with E-state index in [9.17, 15) is 9.59 Å². The Morgan fingerprint density at radius 2 is 1.83 bits per heavy atom. The van der Waals surface area contributed by atoms with Crippen LogP contribution in [0.3, 0.4) is 0 Å². The molecule has 0 aliphatic carbocycles. The number of nitrogens with one attached hydrogen (secondary N) is 2. The van der Waals surface area contributed by atoms with Crippen molar-refractivity contribution in [1.29, 1.82) is 0 Å². The Bertz CT molecular complexity index is 1040. The van der Waals surface area contributed by atoms with Crippen LogP contribution in [0, 0.1) is 20.8 Å². The molecule has 3 N–H and O–H groups in total. The van der Waals surface area contributed by atoms with Gasteiger partial charge >= 0.3 is 5.97 Å². The van der Waals surface area contributed by atoms with Crippen LogP contribution in [0.1, 0.15) is 45.0 Å². The monoisotopic (exact) mass is 412 g/mol. The average molecular weight is 413 g/mol. The van der Waals surface area contributed by atoms with Gasteiger partial charge in [0.05, 0.1) is 5.39 Å². The predicted octanol–water partition coefficient (Wildman–Crippen LogP) is 3.82. The highest BCUT2D eigenvalue weighted by Crippen LogP contribution is 2.33. The van der Waals surface area contributed by atoms with Crippen molar-refractivity contribution in [3.63, 3.8) is 0 Å². The summed E-state index contributed by atoms with van der Waals surface area (Å²) in [4.78, 5) is 33.9. The molecule has 0 atom stereocenters. The lowest BCUT2D eigenvalue weighted by Crippen LogP contribution is -2.24. The van der Waals surface area contributed by atoms with Gasteiger partial charge in [0.2, 0.25) is 0 Å². The molecule has 152 valence electrons. The highest BCUT2D eigenvalue weighted by molar-refractivity contribution is 7.18. The van der Waals surface area contributed by atoms with Gasteiger partial charge in [-0.15, -0.1) is 11.3 Å². The third-order valence-corrected chi connectivity index (χ3v) is 5.77. The number of aryl methyl sites for hydroxylation is 3. The maximum Gasteiger partial charge on any atom is 0.303 e. The largest absolute Gasteiger partial charge is 0.481 e. The zero-order valence-corrected chi connectivity index (χ0v) is 17.5. The first-order valence-electron chi connectivity index (χ1n) is 9.42. The normalized spacial score (nSPS) is 10.9. The number of nitrogens with zero attached hydrogens (tertiary/aromatic N) is 2. The number of carboxylic acid groups (broad SMARTS) is 1. The molecule has 2 aromatic heterocycles. The summed E-state index contributed by atoms with van der Waals surface area (Å²) in [5.74, 6) is 0.498. The van der Waals surface area contributed by atoms with E-state index in [2.05, 4.69) is 34.4 Å². The molecule has 0 saturated heterocycles. The van der Waals surface area contributed by atoms with E-state index >= 15 is 0 Å². The molecular formula is C21H24N4O3S. The fourth-order valence-corrected chi connectivity index (χ4v) is 4.06. The number of aliphatic carboxylic acids is 1. The van der Waals surface area contributed by atoms with E-state index in [0.717, 1.165) is 27.4 Å². The van der Waals surface area contributed by atoms with Gasteiger partial charge in [0.15, 0.2) is 0 Å². The van der Waals surface area contributed by atoms with Crippen molar-refractivity contribution in [2.75, 3.05) is 11.9 Å². The number of benzene rings is 1. The van der Waals surface area contributed by atoms with Crippen LogP contribution < -0.4 is 10.6 Å². The Kier molecular flexibility index (Phi) is 6.43. The Morgan fingerprint density at radius 1 is 1.10 bits per heavy atom. The van der Waals surface area contributed by atoms with Gasteiger partial charge in [0.1, 0.15) is 16.5 Å². The van der Waals surface area contributed by atoms with Crippen molar-refractivity contribution in [2.45, 2.75) is 40.2 Å². The summed E-state index contributed by atoms with van der Waals surface area (Å²) in [5, 5.41) is 15.8. The van der Waals surface area contributed by atoms with Crippen LogP contribution in [0.4, 0.5) is 5.82 Å². The van der Waals surface area contributed by atoms with Crippen LogP contribution in [0.25, 0.3) is 10.2 Å². The van der Waals surface area contributed by atoms with Crippen molar-refractivity contribution in [1.82, 2.24) is 15.3 Å². The lowest BCUT2D eigenvalue weighted by molar-refractivity contribution is -0.137. The molecule has 0 aliphatic rings. The van der Waals surface area contributed by atoms with Crippen LogP contribution >= 0.6 is 11.3 Å². The van der Waals surface area contributed by atoms with Crippen molar-refractivity contribution < 1.29 is 14.7 Å². The number of rotatable bonds is 8. The fourth-order valence-electron chi connectivity index (χ4n) is 2.99. The minimum atomic E-state index is -0.861. The number of fused-ring (bicyclic) bond motifs is 1. The van der Waals surface area contributed by atoms with E-state index in [1.165, 1.54) is 10.4 Å². The van der Waals surface area contributed by atoms with Crippen molar-refractivity contribution in [3.05, 3.63) is 51.7 Å². The van der Waals surface area contributed by atoms with Crippen molar-refractivity contribution in [2.24, 2.45) is 0 Å². The van der Waals surface area contributed by atoms with E-state index in [1.807, 2.05) is 19.1 Å². The van der Waals surface area contributed by atoms with Crippen LogP contribution in [-0.2, 0) is 11.3 Å². The fraction of sp³-hybridized carbons (Fsp3) is 0.333. The molecule has 3 aromatic rings. The molecule has 1 amide bonds. The molecule has 8 heteroatoms. The molecule has 29 heavy (non-hydrogen) atoms. The molecule has 0 spiro atoms. The smallest absolute Gasteiger partial charge is 0.303 e. The highest BCUT2D eigenvalue weighted by Gasteiger charge is 2.13. The first kappa shape index (κ1) is 20.7. The van der Waals surface area contributed by atoms with E-state index in [4.69, 9.17) is 5.11 Å². The first-order chi connectivity index (χ1) is 13.8. The number of carbonyl (C=O) groups excluding carboxylic acids is 1. The molecule has 7 nitrogen and oxygen atoms in total. The minimum absolute atomic E-state index is 0.0454. The van der Waals surface area contributed by atoms with Crippen LogP contribution in [0.5, 0.6) is 0 Å². The summed E-state index contributed by atoms with van der Waals surface area (Å²) in [7, 11) is 0. The third-order valence-electron chi connectivity index (χ3n) is 4.67. The number of amides is 1. The summed E-state index contributed by atoms with van der Waals surface area (Å²) in [5.41, 5.74) is 2.78. The first-order valence-corrected chi connectivity index (χ1v) is 10.2. The summed E-state index contributed by atoms with van der Waals surface area (Å²) in [6, 6.07) is 7.33. The summed E-state index contributed by atoms with van der Waals surface area (Å²) in [6.45, 7) is 6.99. The molecule has 2 heterocycles. The number of anilines is 1. The topological polar surface area (TPSA) is 104 Å². The van der Waals surface area contributed by atoms with Crippen LogP contribution in [0.2, 0.25) is 0 Å². The molecule has 0 unspecified atom stereocenters. The van der Waals surface area contributed by atoms with Crippen LogP contribution in [-0.4, -0.2) is 33.5 Å². The molecule has 3 rings (SSSR count). The predicted molar refractivity (Wildman–Crippen MR) is 115 cm³/mol.